The van der Waals surface area contributed by atoms with Crippen LogP contribution in [-0.2, 0) is 9.53 Å². The average molecular weight is 415 g/mol. The Kier molecular flexibility index (Phi) is 8.51. The van der Waals surface area contributed by atoms with Gasteiger partial charge in [-0.1, -0.05) is 12.1 Å². The van der Waals surface area contributed by atoms with Crippen LogP contribution in [0.25, 0.3) is 0 Å². The molecule has 30 heavy (non-hydrogen) atoms. The number of anilines is 2. The lowest BCUT2D eigenvalue weighted by atomic mass is 10.3. The number of aromatic nitrogens is 1. The molecule has 0 aliphatic heterocycles. The lowest BCUT2D eigenvalue weighted by molar-refractivity contribution is -0.115. The second-order valence-corrected chi connectivity index (χ2v) is 6.34. The van der Waals surface area contributed by atoms with E-state index in [9.17, 15) is 9.59 Å². The number of carbonyl (C=O) groups is 2. The number of nitrogens with two attached hydrogens (primary N) is 1. The first-order valence-corrected chi connectivity index (χ1v) is 9.17. The quantitative estimate of drug-likeness (QED) is 0.363. The number of carbonyl (C=O) groups excluding carboxylic acids is 2. The van der Waals surface area contributed by atoms with Crippen molar-refractivity contribution >= 4 is 35.0 Å². The Hall–Kier alpha value is -3.73. The van der Waals surface area contributed by atoms with Crippen LogP contribution in [0.5, 0.6) is 5.75 Å². The summed E-state index contributed by atoms with van der Waals surface area (Å²) >= 11 is 0. The number of pyridine rings is 1. The molecule has 0 spiro atoms. The van der Waals surface area contributed by atoms with Gasteiger partial charge in [0, 0.05) is 6.04 Å². The maximum atomic E-state index is 11.6. The van der Waals surface area contributed by atoms with E-state index in [1.54, 1.807) is 43.4 Å². The van der Waals surface area contributed by atoms with Gasteiger partial charge in [0.2, 0.25) is 12.7 Å². The van der Waals surface area contributed by atoms with Gasteiger partial charge in [-0.25, -0.2) is 9.78 Å². The fraction of sp³-hybridized carbons (Fsp3) is 0.316. The molecule has 11 heteroatoms. The number of nitrogen functional groups attached to an aromatic ring is 1. The topological polar surface area (TPSA) is 152 Å². The fourth-order valence-electron chi connectivity index (χ4n) is 2.16. The van der Waals surface area contributed by atoms with Crippen LogP contribution >= 0.6 is 0 Å². The molecule has 0 saturated heterocycles. The number of rotatable bonds is 9. The van der Waals surface area contributed by atoms with Gasteiger partial charge in [-0.3, -0.25) is 4.79 Å². The number of benzene rings is 1. The number of amides is 2. The predicted octanol–water partition coefficient (Wildman–Crippen LogP) is 2.71. The SMILES string of the molecule is CNCC(=O)Nc1ccc(N=Nc2ccccc2OCOC(=O)NC(C)C)c(N)n1. The molecule has 0 radical (unpaired) electrons. The van der Waals surface area contributed by atoms with E-state index in [1.807, 2.05) is 13.8 Å². The van der Waals surface area contributed by atoms with Crippen molar-refractivity contribution in [3.63, 3.8) is 0 Å². The summed E-state index contributed by atoms with van der Waals surface area (Å²) in [6.45, 7) is 3.51. The predicted molar refractivity (Wildman–Crippen MR) is 112 cm³/mol. The van der Waals surface area contributed by atoms with Crippen molar-refractivity contribution < 1.29 is 19.1 Å². The molecular formula is C19H25N7O4. The van der Waals surface area contributed by atoms with Crippen LogP contribution < -0.4 is 26.4 Å². The Morgan fingerprint density at radius 2 is 1.87 bits per heavy atom. The zero-order chi connectivity index (χ0) is 21.9. The van der Waals surface area contributed by atoms with Crippen LogP contribution in [0.3, 0.4) is 0 Å². The average Bonchev–Trinajstić information content (AvgIpc) is 2.68. The van der Waals surface area contributed by atoms with E-state index < -0.39 is 6.09 Å². The molecule has 0 atom stereocenters. The van der Waals surface area contributed by atoms with Gasteiger partial charge in [0.25, 0.3) is 0 Å². The maximum absolute atomic E-state index is 11.6. The maximum Gasteiger partial charge on any atom is 0.410 e. The van der Waals surface area contributed by atoms with Crippen molar-refractivity contribution in [2.75, 3.05) is 31.4 Å². The molecular weight excluding hydrogens is 390 g/mol. The minimum Gasteiger partial charge on any atom is -0.455 e. The summed E-state index contributed by atoms with van der Waals surface area (Å²) in [6, 6.07) is 9.98. The first-order valence-electron chi connectivity index (χ1n) is 9.17. The van der Waals surface area contributed by atoms with E-state index >= 15 is 0 Å². The molecule has 2 amide bonds. The molecule has 0 saturated carbocycles. The Morgan fingerprint density at radius 3 is 2.57 bits per heavy atom. The van der Waals surface area contributed by atoms with Gasteiger partial charge in [-0.05, 0) is 45.2 Å². The van der Waals surface area contributed by atoms with E-state index in [-0.39, 0.29) is 31.1 Å². The smallest absolute Gasteiger partial charge is 0.410 e. The van der Waals surface area contributed by atoms with Crippen LogP contribution in [0.15, 0.2) is 46.6 Å². The van der Waals surface area contributed by atoms with Crippen LogP contribution in [0, 0.1) is 0 Å². The summed E-state index contributed by atoms with van der Waals surface area (Å²) in [5, 5.41) is 16.1. The van der Waals surface area contributed by atoms with Crippen molar-refractivity contribution in [2.24, 2.45) is 10.2 Å². The van der Waals surface area contributed by atoms with E-state index in [2.05, 4.69) is 31.2 Å². The second kappa shape index (κ2) is 11.3. The third-order valence-electron chi connectivity index (χ3n) is 3.45. The van der Waals surface area contributed by atoms with Crippen molar-refractivity contribution in [3.8, 4) is 5.75 Å². The molecule has 0 aliphatic rings. The summed E-state index contributed by atoms with van der Waals surface area (Å²) in [5.41, 5.74) is 6.64. The van der Waals surface area contributed by atoms with Gasteiger partial charge in [0.05, 0.1) is 6.54 Å². The molecule has 0 unspecified atom stereocenters. The summed E-state index contributed by atoms with van der Waals surface area (Å²) < 4.78 is 10.4. The highest BCUT2D eigenvalue weighted by Gasteiger charge is 2.08. The highest BCUT2D eigenvalue weighted by atomic mass is 16.7. The van der Waals surface area contributed by atoms with E-state index in [4.69, 9.17) is 15.2 Å². The zero-order valence-electron chi connectivity index (χ0n) is 17.0. The minimum atomic E-state index is -0.579. The molecule has 1 aromatic carbocycles. The first kappa shape index (κ1) is 22.6. The first-order chi connectivity index (χ1) is 14.4. The van der Waals surface area contributed by atoms with Gasteiger partial charge < -0.3 is 31.2 Å². The number of hydrogen-bond acceptors (Lipinski definition) is 9. The number of para-hydroxylation sites is 1. The zero-order valence-corrected chi connectivity index (χ0v) is 17.0. The number of likely N-dealkylation sites (N-methyl/N-ethyl adjacent to an activating group) is 1. The molecule has 11 nitrogen and oxygen atoms in total. The molecule has 160 valence electrons. The number of alkyl carbamates (subject to hydrolysis) is 1. The molecule has 1 aromatic heterocycles. The van der Waals surface area contributed by atoms with Gasteiger partial charge in [0.15, 0.2) is 11.6 Å². The molecule has 0 fully saturated rings. The Bertz CT molecular complexity index is 902. The summed E-state index contributed by atoms with van der Waals surface area (Å²) in [7, 11) is 1.67. The molecule has 0 bridgehead atoms. The monoisotopic (exact) mass is 415 g/mol. The van der Waals surface area contributed by atoms with Crippen molar-refractivity contribution in [1.82, 2.24) is 15.6 Å². The van der Waals surface area contributed by atoms with Gasteiger partial charge in [0.1, 0.15) is 17.2 Å². The lowest BCUT2D eigenvalue weighted by Gasteiger charge is -2.11. The molecule has 2 rings (SSSR count). The highest BCUT2D eigenvalue weighted by molar-refractivity contribution is 5.91. The summed E-state index contributed by atoms with van der Waals surface area (Å²) in [4.78, 5) is 27.2. The third-order valence-corrected chi connectivity index (χ3v) is 3.45. The van der Waals surface area contributed by atoms with E-state index in [1.165, 1.54) is 0 Å². The Morgan fingerprint density at radius 1 is 1.13 bits per heavy atom. The fourth-order valence-corrected chi connectivity index (χ4v) is 2.16. The van der Waals surface area contributed by atoms with Crippen LogP contribution in [0.2, 0.25) is 0 Å². The molecule has 2 aromatic rings. The number of nitrogens with one attached hydrogen (secondary N) is 3. The number of azo groups is 1. The van der Waals surface area contributed by atoms with Gasteiger partial charge in [-0.15, -0.1) is 10.2 Å². The summed E-state index contributed by atoms with van der Waals surface area (Å²) in [6.07, 6.45) is -0.579. The highest BCUT2D eigenvalue weighted by Crippen LogP contribution is 2.30. The Balaban J connectivity index is 2.02. The van der Waals surface area contributed by atoms with Crippen molar-refractivity contribution in [2.45, 2.75) is 19.9 Å². The normalized spacial score (nSPS) is 10.8. The summed E-state index contributed by atoms with van der Waals surface area (Å²) in [5.74, 6) is 0.551. The van der Waals surface area contributed by atoms with Gasteiger partial charge in [-0.2, -0.15) is 0 Å². The Labute approximate surface area is 174 Å². The molecule has 0 aliphatic carbocycles. The third kappa shape index (κ3) is 7.36. The van der Waals surface area contributed by atoms with Crippen molar-refractivity contribution in [3.05, 3.63) is 36.4 Å². The number of nitrogens with zero attached hydrogens (tertiary/aromatic N) is 3. The number of ether oxygens (including phenoxy) is 2. The second-order valence-electron chi connectivity index (χ2n) is 6.34. The lowest BCUT2D eigenvalue weighted by Crippen LogP contribution is -2.31. The van der Waals surface area contributed by atoms with Crippen LogP contribution in [0.1, 0.15) is 13.8 Å². The van der Waals surface area contributed by atoms with E-state index in [0.29, 0.717) is 22.9 Å². The minimum absolute atomic E-state index is 0.0410. The number of hydrogen-bond donors (Lipinski definition) is 4. The van der Waals surface area contributed by atoms with Crippen LogP contribution in [-0.4, -0.2) is 43.4 Å². The van der Waals surface area contributed by atoms with Crippen molar-refractivity contribution in [1.29, 1.82) is 0 Å². The van der Waals surface area contributed by atoms with Gasteiger partial charge >= 0.3 is 6.09 Å². The molecule has 1 heterocycles. The molecule has 5 N–H and O–H groups in total. The van der Waals surface area contributed by atoms with Crippen LogP contribution in [0.4, 0.5) is 27.8 Å². The largest absolute Gasteiger partial charge is 0.455 e. The standard InChI is InChI=1S/C19H25N7O4/c1-12(2)22-19(28)30-11-29-15-7-5-4-6-13(15)25-26-14-8-9-16(24-18(14)20)23-17(27)10-21-3/h4-9,12,21H,10-11H2,1-3H3,(H,22,28)(H3,20,23,24,27). The van der Waals surface area contributed by atoms with E-state index in [0.717, 1.165) is 0 Å².